The molecule has 1 N–H and O–H groups in total. The summed E-state index contributed by atoms with van der Waals surface area (Å²) in [6.45, 7) is 8.40. The number of aliphatic hydroxyl groups is 1. The van der Waals surface area contributed by atoms with Crippen molar-refractivity contribution in [3.63, 3.8) is 0 Å². The monoisotopic (exact) mass is 447 g/mol. The van der Waals surface area contributed by atoms with Crippen LogP contribution < -0.4 is 0 Å². The Morgan fingerprint density at radius 2 is 1.73 bits per heavy atom. The van der Waals surface area contributed by atoms with Crippen molar-refractivity contribution in [3.8, 4) is 0 Å². The molecule has 0 radical (unpaired) electrons. The van der Waals surface area contributed by atoms with E-state index in [4.69, 9.17) is 17.4 Å². The molecule has 0 aliphatic carbocycles. The zero-order chi connectivity index (χ0) is 21.9. The quantitative estimate of drug-likeness (QED) is 0.607. The smallest absolute Gasteiger partial charge is 0.159 e. The summed E-state index contributed by atoms with van der Waals surface area (Å²) in [7, 11) is -1.33. The molecular weight excluding hydrogens is 414 g/mol. The van der Waals surface area contributed by atoms with E-state index in [9.17, 15) is 9.32 Å². The fraction of sp³-hybridized carbons (Fsp3) is 0.500. The third-order valence-corrected chi connectivity index (χ3v) is 7.91. The van der Waals surface area contributed by atoms with Crippen LogP contribution in [0.4, 0.5) is 0 Å². The third-order valence-electron chi connectivity index (χ3n) is 5.52. The molecule has 5 atom stereocenters. The molecule has 0 aromatic heterocycles. The van der Waals surface area contributed by atoms with Gasteiger partial charge in [0.15, 0.2) is 6.29 Å². The van der Waals surface area contributed by atoms with Crippen molar-refractivity contribution in [1.29, 1.82) is 0 Å². The predicted molar refractivity (Wildman–Crippen MR) is 126 cm³/mol. The van der Waals surface area contributed by atoms with Gasteiger partial charge in [0.1, 0.15) is 15.9 Å². The van der Waals surface area contributed by atoms with Gasteiger partial charge >= 0.3 is 0 Å². The number of hydrogen-bond acceptors (Lipinski definition) is 4. The Bertz CT molecular complexity index is 841. The fourth-order valence-corrected chi connectivity index (χ4v) is 5.87. The second kappa shape index (κ2) is 9.53. The van der Waals surface area contributed by atoms with Gasteiger partial charge in [-0.15, -0.1) is 12.6 Å². The van der Waals surface area contributed by atoms with Gasteiger partial charge in [0.25, 0.3) is 0 Å². The van der Waals surface area contributed by atoms with Crippen molar-refractivity contribution < 1.29 is 14.1 Å². The molecule has 164 valence electrons. The summed E-state index contributed by atoms with van der Waals surface area (Å²) < 4.78 is 21.4. The Morgan fingerprint density at radius 1 is 1.17 bits per heavy atom. The van der Waals surface area contributed by atoms with Crippen LogP contribution in [-0.2, 0) is 22.3 Å². The van der Waals surface area contributed by atoms with E-state index in [0.29, 0.717) is 13.0 Å². The number of nitrogens with zero attached hydrogens (tertiary/aromatic N) is 1. The lowest BCUT2D eigenvalue weighted by molar-refractivity contribution is -0.216. The van der Waals surface area contributed by atoms with Crippen LogP contribution in [0.2, 0.25) is 0 Å². The average Bonchev–Trinajstić information content (AvgIpc) is 2.71. The van der Waals surface area contributed by atoms with E-state index < -0.39 is 33.0 Å². The molecule has 3 rings (SSSR count). The maximum atomic E-state index is 13.8. The van der Waals surface area contributed by atoms with Crippen molar-refractivity contribution >= 4 is 23.6 Å². The van der Waals surface area contributed by atoms with Crippen LogP contribution in [0.25, 0.3) is 0 Å². The second-order valence-electron chi connectivity index (χ2n) is 9.10. The zero-order valence-electron chi connectivity index (χ0n) is 18.2. The highest BCUT2D eigenvalue weighted by Crippen LogP contribution is 2.47. The Balaban J connectivity index is 2.10. The first kappa shape index (κ1) is 23.5. The second-order valence-corrected chi connectivity index (χ2v) is 12.1. The predicted octanol–water partition coefficient (Wildman–Crippen LogP) is 5.08. The summed E-state index contributed by atoms with van der Waals surface area (Å²) in [5.41, 5.74) is 2.04. The molecule has 1 aliphatic rings. The summed E-state index contributed by atoms with van der Waals surface area (Å²) in [5, 5.41) is 10.5. The first-order chi connectivity index (χ1) is 14.1. The van der Waals surface area contributed by atoms with Crippen LogP contribution in [-0.4, -0.2) is 29.6 Å². The van der Waals surface area contributed by atoms with Crippen molar-refractivity contribution in [2.45, 2.75) is 69.1 Å². The van der Waals surface area contributed by atoms with Crippen LogP contribution in [0.5, 0.6) is 0 Å². The molecule has 0 spiro atoms. The van der Waals surface area contributed by atoms with E-state index in [1.807, 2.05) is 92.7 Å². The number of aliphatic hydroxyl groups excluding tert-OH is 1. The molecule has 6 heteroatoms. The van der Waals surface area contributed by atoms with E-state index in [1.54, 1.807) is 0 Å². The zero-order valence-corrected chi connectivity index (χ0v) is 19.9. The standard InChI is InChI=1S/C24H33NO3S2/c1-18-15-16-24(29,28-22(18)26)21(20-13-9-6-10-14-20)25(30(27)23(2,3)4)17-19-11-7-5-8-12-19/h5-14,18,21-22,26,29H,15-17H2,1-4H3/t18?,21-,22?,24-,30?/m1/s1. The molecule has 0 amide bonds. The molecule has 1 heterocycles. The van der Waals surface area contributed by atoms with Gasteiger partial charge in [-0.3, -0.25) is 0 Å². The minimum absolute atomic E-state index is 0.0392. The number of thiol groups is 1. The Morgan fingerprint density at radius 3 is 2.27 bits per heavy atom. The van der Waals surface area contributed by atoms with E-state index in [1.165, 1.54) is 0 Å². The largest absolute Gasteiger partial charge is 0.368 e. The fourth-order valence-electron chi connectivity index (χ4n) is 3.81. The summed E-state index contributed by atoms with van der Waals surface area (Å²) in [6, 6.07) is 19.6. The van der Waals surface area contributed by atoms with Crippen molar-refractivity contribution in [2.24, 2.45) is 5.92 Å². The summed E-state index contributed by atoms with van der Waals surface area (Å²) in [5.74, 6) is 0.0392. The van der Waals surface area contributed by atoms with Gasteiger partial charge < -0.3 is 9.84 Å². The normalized spacial score (nSPS) is 27.0. The van der Waals surface area contributed by atoms with Gasteiger partial charge in [-0.25, -0.2) is 8.51 Å². The van der Waals surface area contributed by atoms with Crippen molar-refractivity contribution in [2.75, 3.05) is 0 Å². The molecular formula is C24H33NO3S2. The van der Waals surface area contributed by atoms with E-state index in [0.717, 1.165) is 17.5 Å². The van der Waals surface area contributed by atoms with Gasteiger partial charge in [-0.2, -0.15) is 0 Å². The first-order valence-corrected chi connectivity index (χ1v) is 12.0. The van der Waals surface area contributed by atoms with Crippen LogP contribution in [0.1, 0.15) is 57.7 Å². The average molecular weight is 448 g/mol. The third kappa shape index (κ3) is 5.35. The molecule has 2 aromatic carbocycles. The Kier molecular flexibility index (Phi) is 7.46. The highest BCUT2D eigenvalue weighted by Gasteiger charge is 2.49. The summed E-state index contributed by atoms with van der Waals surface area (Å²) >= 11 is 4.99. The maximum absolute atomic E-state index is 13.8. The lowest BCUT2D eigenvalue weighted by Crippen LogP contribution is -2.52. The molecule has 2 aromatic rings. The van der Waals surface area contributed by atoms with Crippen LogP contribution >= 0.6 is 12.6 Å². The highest BCUT2D eigenvalue weighted by molar-refractivity contribution is 7.84. The number of benzene rings is 2. The molecule has 1 aliphatic heterocycles. The molecule has 0 saturated carbocycles. The highest BCUT2D eigenvalue weighted by atomic mass is 32.2. The maximum Gasteiger partial charge on any atom is 0.159 e. The molecule has 1 fully saturated rings. The molecule has 4 nitrogen and oxygen atoms in total. The number of rotatable bonds is 6. The van der Waals surface area contributed by atoms with Gasteiger partial charge in [0.05, 0.1) is 10.8 Å². The van der Waals surface area contributed by atoms with Gasteiger partial charge in [-0.05, 0) is 44.7 Å². The first-order valence-electron chi connectivity index (χ1n) is 10.5. The Labute approximate surface area is 188 Å². The molecule has 1 saturated heterocycles. The minimum Gasteiger partial charge on any atom is -0.368 e. The van der Waals surface area contributed by atoms with Crippen molar-refractivity contribution in [3.05, 3.63) is 71.8 Å². The lowest BCUT2D eigenvalue weighted by Gasteiger charge is -2.48. The number of ether oxygens (including phenoxy) is 1. The molecule has 0 bridgehead atoms. The van der Waals surface area contributed by atoms with E-state index >= 15 is 0 Å². The summed E-state index contributed by atoms with van der Waals surface area (Å²) in [6.07, 6.45) is 0.541. The Hall–Kier alpha value is -1.18. The van der Waals surface area contributed by atoms with Gasteiger partial charge in [-0.1, -0.05) is 67.6 Å². The molecule has 30 heavy (non-hydrogen) atoms. The topological polar surface area (TPSA) is 49.8 Å². The SMILES string of the molecule is CC1CC[C@@](S)([C@@H](c2ccccc2)N(Cc2ccccc2)S(=O)C(C)(C)C)OC1O. The van der Waals surface area contributed by atoms with Crippen molar-refractivity contribution in [1.82, 2.24) is 4.31 Å². The lowest BCUT2D eigenvalue weighted by atomic mass is 9.90. The van der Waals surface area contributed by atoms with E-state index in [-0.39, 0.29) is 5.92 Å². The van der Waals surface area contributed by atoms with Crippen LogP contribution in [0.15, 0.2) is 60.7 Å². The van der Waals surface area contributed by atoms with E-state index in [2.05, 4.69) is 0 Å². The van der Waals surface area contributed by atoms with Gasteiger partial charge in [0, 0.05) is 12.5 Å². The number of hydrogen-bond donors (Lipinski definition) is 2. The van der Waals surface area contributed by atoms with Gasteiger partial charge in [0.2, 0.25) is 0 Å². The summed E-state index contributed by atoms with van der Waals surface area (Å²) in [4.78, 5) is -0.969. The van der Waals surface area contributed by atoms with Crippen LogP contribution in [0.3, 0.4) is 0 Å². The molecule has 3 unspecified atom stereocenters. The van der Waals surface area contributed by atoms with Crippen LogP contribution in [0, 0.1) is 5.92 Å². The minimum atomic E-state index is -1.33.